The van der Waals surface area contributed by atoms with Crippen LogP contribution in [0.4, 0.5) is 0 Å². The highest BCUT2D eigenvalue weighted by Gasteiger charge is 2.21. The molecule has 0 saturated carbocycles. The van der Waals surface area contributed by atoms with Crippen LogP contribution in [0.5, 0.6) is 17.2 Å². The second-order valence-electron chi connectivity index (χ2n) is 6.51. The number of hydrogen-bond donors (Lipinski definition) is 2. The van der Waals surface area contributed by atoms with Gasteiger partial charge in [0.05, 0.1) is 26.4 Å². The molecule has 0 radical (unpaired) electrons. The second kappa shape index (κ2) is 10.4. The van der Waals surface area contributed by atoms with E-state index in [2.05, 4.69) is 23.6 Å². The number of guanidine groups is 1. The Labute approximate surface area is 166 Å². The first-order valence-electron chi connectivity index (χ1n) is 9.83. The Morgan fingerprint density at radius 3 is 2.89 bits per heavy atom. The third-order valence-electron chi connectivity index (χ3n) is 4.50. The van der Waals surface area contributed by atoms with Gasteiger partial charge in [-0.2, -0.15) is 0 Å². The molecule has 0 aromatic heterocycles. The van der Waals surface area contributed by atoms with E-state index in [1.807, 2.05) is 42.5 Å². The minimum absolute atomic E-state index is 0.204. The molecule has 6 heteroatoms. The lowest BCUT2D eigenvalue weighted by Crippen LogP contribution is -2.41. The quantitative estimate of drug-likeness (QED) is 0.415. The second-order valence-corrected chi connectivity index (χ2v) is 6.51. The van der Waals surface area contributed by atoms with Crippen LogP contribution in [0.2, 0.25) is 0 Å². The van der Waals surface area contributed by atoms with Gasteiger partial charge in [0.15, 0.2) is 5.96 Å². The average molecular weight is 383 g/mol. The normalized spacial score (nSPS) is 15.9. The lowest BCUT2D eigenvalue weighted by molar-refractivity contribution is 0.261. The molecule has 2 N–H and O–H groups in total. The number of methoxy groups -OCH3 is 1. The number of fused-ring (bicyclic) bond motifs is 1. The lowest BCUT2D eigenvalue weighted by atomic mass is 10.0. The van der Waals surface area contributed by atoms with Gasteiger partial charge in [0.1, 0.15) is 17.2 Å². The third kappa shape index (κ3) is 5.55. The largest absolute Gasteiger partial charge is 0.497 e. The maximum Gasteiger partial charge on any atom is 0.191 e. The Kier molecular flexibility index (Phi) is 7.41. The minimum atomic E-state index is 0.204. The van der Waals surface area contributed by atoms with E-state index in [0.29, 0.717) is 19.8 Å². The molecule has 0 amide bonds. The van der Waals surface area contributed by atoms with Gasteiger partial charge in [-0.3, -0.25) is 4.99 Å². The van der Waals surface area contributed by atoms with Crippen molar-refractivity contribution < 1.29 is 14.2 Å². The van der Waals surface area contributed by atoms with Crippen LogP contribution in [0.25, 0.3) is 0 Å². The monoisotopic (exact) mass is 383 g/mol. The SMILES string of the molecule is CCNC(=NCCCOc1cccc(OC)c1)NC1CCOc2ccccc21. The predicted molar refractivity (Wildman–Crippen MR) is 112 cm³/mol. The molecule has 2 aromatic carbocycles. The summed E-state index contributed by atoms with van der Waals surface area (Å²) in [6.07, 6.45) is 1.75. The van der Waals surface area contributed by atoms with Crippen LogP contribution in [0.1, 0.15) is 31.4 Å². The van der Waals surface area contributed by atoms with E-state index in [9.17, 15) is 0 Å². The average Bonchev–Trinajstić information content (AvgIpc) is 2.74. The van der Waals surface area contributed by atoms with Crippen molar-refractivity contribution in [1.29, 1.82) is 0 Å². The van der Waals surface area contributed by atoms with Gasteiger partial charge in [-0.15, -0.1) is 0 Å². The fraction of sp³-hybridized carbons (Fsp3) is 0.409. The molecule has 1 atom stereocenters. The maximum atomic E-state index is 5.78. The van der Waals surface area contributed by atoms with Crippen molar-refractivity contribution in [2.75, 3.05) is 33.4 Å². The van der Waals surface area contributed by atoms with E-state index in [4.69, 9.17) is 19.2 Å². The van der Waals surface area contributed by atoms with Gasteiger partial charge in [0.25, 0.3) is 0 Å². The number of rotatable bonds is 8. The zero-order valence-electron chi connectivity index (χ0n) is 16.6. The molecule has 2 aromatic rings. The van der Waals surface area contributed by atoms with E-state index in [1.54, 1.807) is 7.11 Å². The van der Waals surface area contributed by atoms with Gasteiger partial charge in [-0.25, -0.2) is 0 Å². The van der Waals surface area contributed by atoms with E-state index in [-0.39, 0.29) is 6.04 Å². The molecule has 150 valence electrons. The van der Waals surface area contributed by atoms with Crippen LogP contribution in [-0.2, 0) is 0 Å². The number of nitrogens with one attached hydrogen (secondary N) is 2. The van der Waals surface area contributed by atoms with Crippen molar-refractivity contribution in [3.8, 4) is 17.2 Å². The summed E-state index contributed by atoms with van der Waals surface area (Å²) in [6.45, 7) is 4.89. The summed E-state index contributed by atoms with van der Waals surface area (Å²) in [4.78, 5) is 4.69. The summed E-state index contributed by atoms with van der Waals surface area (Å²) in [6, 6.07) is 16.0. The Bertz CT molecular complexity index is 779. The standard InChI is InChI=1S/C22H29N3O3/c1-3-23-22(25-20-12-15-28-21-11-5-4-10-19(20)21)24-13-7-14-27-18-9-6-8-17(16-18)26-2/h4-6,8-11,16,20H,3,7,12-15H2,1-2H3,(H2,23,24,25). The van der Waals surface area contributed by atoms with Crippen molar-refractivity contribution in [3.05, 3.63) is 54.1 Å². The summed E-state index contributed by atoms with van der Waals surface area (Å²) < 4.78 is 16.7. The topological polar surface area (TPSA) is 64.1 Å². The van der Waals surface area contributed by atoms with E-state index in [1.165, 1.54) is 5.56 Å². The van der Waals surface area contributed by atoms with Gasteiger partial charge < -0.3 is 24.8 Å². The minimum Gasteiger partial charge on any atom is -0.497 e. The van der Waals surface area contributed by atoms with Crippen molar-refractivity contribution in [2.24, 2.45) is 4.99 Å². The summed E-state index contributed by atoms with van der Waals surface area (Å²) >= 11 is 0. The molecule has 1 aliphatic heterocycles. The molecular formula is C22H29N3O3. The fourth-order valence-electron chi connectivity index (χ4n) is 3.11. The number of nitrogens with zero attached hydrogens (tertiary/aromatic N) is 1. The molecule has 1 heterocycles. The van der Waals surface area contributed by atoms with Crippen LogP contribution < -0.4 is 24.8 Å². The van der Waals surface area contributed by atoms with Crippen LogP contribution in [-0.4, -0.2) is 39.4 Å². The number of para-hydroxylation sites is 1. The molecule has 0 spiro atoms. The number of hydrogen-bond acceptors (Lipinski definition) is 4. The molecule has 0 fully saturated rings. The summed E-state index contributed by atoms with van der Waals surface area (Å²) in [5.41, 5.74) is 1.18. The van der Waals surface area contributed by atoms with Gasteiger partial charge >= 0.3 is 0 Å². The fourth-order valence-corrected chi connectivity index (χ4v) is 3.11. The van der Waals surface area contributed by atoms with Crippen LogP contribution in [0.15, 0.2) is 53.5 Å². The molecule has 6 nitrogen and oxygen atoms in total. The molecule has 0 bridgehead atoms. The number of ether oxygens (including phenoxy) is 3. The summed E-state index contributed by atoms with van der Waals surface area (Å²) in [7, 11) is 1.65. The van der Waals surface area contributed by atoms with Gasteiger partial charge in [0, 0.05) is 37.6 Å². The molecule has 1 aliphatic rings. The maximum absolute atomic E-state index is 5.78. The Morgan fingerprint density at radius 2 is 2.04 bits per heavy atom. The van der Waals surface area contributed by atoms with Gasteiger partial charge in [-0.1, -0.05) is 24.3 Å². The zero-order valence-corrected chi connectivity index (χ0v) is 16.6. The molecule has 1 unspecified atom stereocenters. The Hall–Kier alpha value is -2.89. The smallest absolute Gasteiger partial charge is 0.191 e. The van der Waals surface area contributed by atoms with Crippen molar-refractivity contribution >= 4 is 5.96 Å². The van der Waals surface area contributed by atoms with Crippen molar-refractivity contribution in [2.45, 2.75) is 25.8 Å². The highest BCUT2D eigenvalue weighted by atomic mass is 16.5. The van der Waals surface area contributed by atoms with Crippen LogP contribution >= 0.6 is 0 Å². The van der Waals surface area contributed by atoms with E-state index in [0.717, 1.165) is 42.6 Å². The first-order valence-corrected chi connectivity index (χ1v) is 9.83. The molecule has 3 rings (SSSR count). The van der Waals surface area contributed by atoms with Crippen LogP contribution in [0.3, 0.4) is 0 Å². The highest BCUT2D eigenvalue weighted by molar-refractivity contribution is 5.80. The van der Waals surface area contributed by atoms with Crippen molar-refractivity contribution in [3.63, 3.8) is 0 Å². The van der Waals surface area contributed by atoms with Crippen LogP contribution in [0, 0.1) is 0 Å². The van der Waals surface area contributed by atoms with E-state index < -0.39 is 0 Å². The van der Waals surface area contributed by atoms with Crippen molar-refractivity contribution in [1.82, 2.24) is 10.6 Å². The summed E-state index contributed by atoms with van der Waals surface area (Å²) in [5.74, 6) is 3.39. The van der Waals surface area contributed by atoms with E-state index >= 15 is 0 Å². The molecular weight excluding hydrogens is 354 g/mol. The number of aliphatic imine (C=N–C) groups is 1. The predicted octanol–water partition coefficient (Wildman–Crippen LogP) is 3.54. The zero-order chi connectivity index (χ0) is 19.6. The Balaban J connectivity index is 1.50. The lowest BCUT2D eigenvalue weighted by Gasteiger charge is -2.28. The highest BCUT2D eigenvalue weighted by Crippen LogP contribution is 2.31. The van der Waals surface area contributed by atoms with Gasteiger partial charge in [-0.05, 0) is 25.1 Å². The first-order chi connectivity index (χ1) is 13.8. The van der Waals surface area contributed by atoms with Gasteiger partial charge in [0.2, 0.25) is 0 Å². The third-order valence-corrected chi connectivity index (χ3v) is 4.50. The molecule has 0 saturated heterocycles. The molecule has 0 aliphatic carbocycles. The molecule has 28 heavy (non-hydrogen) atoms. The first kappa shape index (κ1) is 19.9. The summed E-state index contributed by atoms with van der Waals surface area (Å²) in [5, 5.41) is 6.86. The Morgan fingerprint density at radius 1 is 1.18 bits per heavy atom. The number of benzene rings is 2.